The summed E-state index contributed by atoms with van der Waals surface area (Å²) in [6.45, 7) is 2.76. The van der Waals surface area contributed by atoms with Crippen LogP contribution in [0.2, 0.25) is 0 Å². The van der Waals surface area contributed by atoms with Gasteiger partial charge in [-0.3, -0.25) is 4.79 Å². The monoisotopic (exact) mass is 258 g/mol. The van der Waals surface area contributed by atoms with E-state index in [1.165, 1.54) is 6.26 Å². The van der Waals surface area contributed by atoms with E-state index in [2.05, 4.69) is 5.32 Å². The lowest BCUT2D eigenvalue weighted by Gasteiger charge is -2.31. The van der Waals surface area contributed by atoms with Crippen LogP contribution in [0.15, 0.2) is 23.0 Å². The summed E-state index contributed by atoms with van der Waals surface area (Å²) in [6, 6.07) is 1.72. The summed E-state index contributed by atoms with van der Waals surface area (Å²) in [5.74, 6) is 0.801. The van der Waals surface area contributed by atoms with E-state index >= 15 is 0 Å². The van der Waals surface area contributed by atoms with Gasteiger partial charge in [0.25, 0.3) is 5.91 Å². The maximum absolute atomic E-state index is 12.0. The first-order valence-electron chi connectivity index (χ1n) is 5.77. The van der Waals surface area contributed by atoms with Crippen LogP contribution in [0.3, 0.4) is 0 Å². The van der Waals surface area contributed by atoms with E-state index in [1.54, 1.807) is 12.3 Å². The summed E-state index contributed by atoms with van der Waals surface area (Å²) in [6.07, 6.45) is 5.23. The molecule has 0 spiro atoms. The molecule has 1 aromatic rings. The number of hydrogen-bond acceptors (Lipinski definition) is 3. The summed E-state index contributed by atoms with van der Waals surface area (Å²) in [5.41, 5.74) is 0.659. The highest BCUT2D eigenvalue weighted by atomic mass is 35.5. The third-order valence-electron chi connectivity index (χ3n) is 3.16. The lowest BCUT2D eigenvalue weighted by atomic mass is 9.96. The highest BCUT2D eigenvalue weighted by Crippen LogP contribution is 2.18. The van der Waals surface area contributed by atoms with Crippen LogP contribution in [-0.4, -0.2) is 37.5 Å². The summed E-state index contributed by atoms with van der Waals surface area (Å²) in [4.78, 5) is 13.9. The molecule has 1 amide bonds. The summed E-state index contributed by atoms with van der Waals surface area (Å²) < 4.78 is 4.93. The molecule has 1 fully saturated rings. The van der Waals surface area contributed by atoms with Crippen molar-refractivity contribution in [2.24, 2.45) is 5.92 Å². The Balaban J connectivity index is 0.00000144. The molecular formula is C12H19ClN2O2. The Hall–Kier alpha value is -1.00. The quantitative estimate of drug-likeness (QED) is 0.899. The lowest BCUT2D eigenvalue weighted by molar-refractivity contribution is 0.0690. The molecule has 0 bridgehead atoms. The summed E-state index contributed by atoms with van der Waals surface area (Å²) >= 11 is 0. The van der Waals surface area contributed by atoms with Crippen molar-refractivity contribution in [3.8, 4) is 0 Å². The molecule has 5 heteroatoms. The standard InChI is InChI=1S/C12H18N2O2.ClH/c1-13-8-10-2-5-14(6-3-10)12(15)11-4-7-16-9-11;/h4,7,9-10,13H,2-3,5-6,8H2,1H3;1H. The van der Waals surface area contributed by atoms with E-state index in [0.29, 0.717) is 11.5 Å². The van der Waals surface area contributed by atoms with Crippen LogP contribution >= 0.6 is 12.4 Å². The molecule has 4 nitrogen and oxygen atoms in total. The van der Waals surface area contributed by atoms with E-state index in [1.807, 2.05) is 11.9 Å². The van der Waals surface area contributed by atoms with Crippen LogP contribution < -0.4 is 5.32 Å². The van der Waals surface area contributed by atoms with Gasteiger partial charge in [0.15, 0.2) is 0 Å². The number of nitrogens with zero attached hydrogens (tertiary/aromatic N) is 1. The Kier molecular flexibility index (Phi) is 5.51. The minimum Gasteiger partial charge on any atom is -0.472 e. The van der Waals surface area contributed by atoms with Gasteiger partial charge in [0.05, 0.1) is 11.8 Å². The Morgan fingerprint density at radius 2 is 2.24 bits per heavy atom. The normalized spacial score (nSPS) is 16.6. The second-order valence-electron chi connectivity index (χ2n) is 4.31. The van der Waals surface area contributed by atoms with Crippen LogP contribution in [0.5, 0.6) is 0 Å². The van der Waals surface area contributed by atoms with Gasteiger partial charge in [-0.25, -0.2) is 0 Å². The molecule has 1 aromatic heterocycles. The van der Waals surface area contributed by atoms with Crippen molar-refractivity contribution in [2.75, 3.05) is 26.7 Å². The van der Waals surface area contributed by atoms with Gasteiger partial charge in [-0.2, -0.15) is 0 Å². The minimum absolute atomic E-state index is 0. The molecule has 1 aliphatic rings. The zero-order valence-corrected chi connectivity index (χ0v) is 10.8. The van der Waals surface area contributed by atoms with E-state index in [0.717, 1.165) is 32.5 Å². The van der Waals surface area contributed by atoms with Gasteiger partial charge in [0.2, 0.25) is 0 Å². The number of carbonyl (C=O) groups excluding carboxylic acids is 1. The lowest BCUT2D eigenvalue weighted by Crippen LogP contribution is -2.40. The van der Waals surface area contributed by atoms with Crippen molar-refractivity contribution >= 4 is 18.3 Å². The van der Waals surface area contributed by atoms with Crippen LogP contribution in [0.1, 0.15) is 23.2 Å². The van der Waals surface area contributed by atoms with Gasteiger partial charge < -0.3 is 14.6 Å². The SMILES string of the molecule is CNCC1CCN(C(=O)c2ccoc2)CC1.Cl. The predicted molar refractivity (Wildman–Crippen MR) is 68.5 cm³/mol. The molecule has 0 aromatic carbocycles. The minimum atomic E-state index is 0. The van der Waals surface area contributed by atoms with Gasteiger partial charge in [-0.15, -0.1) is 12.4 Å². The van der Waals surface area contributed by atoms with Crippen molar-refractivity contribution in [2.45, 2.75) is 12.8 Å². The molecule has 96 valence electrons. The molecule has 1 aliphatic heterocycles. The van der Waals surface area contributed by atoms with Crippen LogP contribution in [-0.2, 0) is 0 Å². The first kappa shape index (κ1) is 14.1. The Morgan fingerprint density at radius 3 is 2.76 bits per heavy atom. The fraction of sp³-hybridized carbons (Fsp3) is 0.583. The maximum Gasteiger partial charge on any atom is 0.257 e. The number of nitrogens with one attached hydrogen (secondary N) is 1. The molecule has 17 heavy (non-hydrogen) atoms. The zero-order valence-electron chi connectivity index (χ0n) is 10.0. The zero-order chi connectivity index (χ0) is 11.4. The second kappa shape index (κ2) is 6.67. The number of halogens is 1. The van der Waals surface area contributed by atoms with Gasteiger partial charge in [-0.1, -0.05) is 0 Å². The molecule has 0 atom stereocenters. The summed E-state index contributed by atoms with van der Waals surface area (Å²) in [7, 11) is 1.98. The number of hydrogen-bond donors (Lipinski definition) is 1. The first-order valence-corrected chi connectivity index (χ1v) is 5.77. The van der Waals surface area contributed by atoms with Crippen LogP contribution in [0.4, 0.5) is 0 Å². The number of likely N-dealkylation sites (tertiary alicyclic amines) is 1. The van der Waals surface area contributed by atoms with E-state index in [4.69, 9.17) is 4.42 Å². The van der Waals surface area contributed by atoms with Crippen LogP contribution in [0.25, 0.3) is 0 Å². The van der Waals surface area contributed by atoms with Crippen molar-refractivity contribution in [3.63, 3.8) is 0 Å². The molecule has 0 saturated carbocycles. The maximum atomic E-state index is 12.0. The average molecular weight is 259 g/mol. The van der Waals surface area contributed by atoms with Crippen molar-refractivity contribution < 1.29 is 9.21 Å². The van der Waals surface area contributed by atoms with E-state index < -0.39 is 0 Å². The molecule has 0 aliphatic carbocycles. The fourth-order valence-electron chi connectivity index (χ4n) is 2.20. The fourth-order valence-corrected chi connectivity index (χ4v) is 2.20. The van der Waals surface area contributed by atoms with E-state index in [9.17, 15) is 4.79 Å². The molecule has 1 N–H and O–H groups in total. The molecule has 0 radical (unpaired) electrons. The summed E-state index contributed by atoms with van der Waals surface area (Å²) in [5, 5.41) is 3.19. The topological polar surface area (TPSA) is 45.5 Å². The largest absolute Gasteiger partial charge is 0.472 e. The number of rotatable bonds is 3. The predicted octanol–water partition coefficient (Wildman–Crippen LogP) is 1.77. The molecule has 2 rings (SSSR count). The van der Waals surface area contributed by atoms with Gasteiger partial charge in [0, 0.05) is 13.1 Å². The average Bonchev–Trinajstić information content (AvgIpc) is 2.83. The van der Waals surface area contributed by atoms with Gasteiger partial charge in [-0.05, 0) is 38.4 Å². The Bertz CT molecular complexity index is 332. The third-order valence-corrected chi connectivity index (χ3v) is 3.16. The Labute approximate surface area is 108 Å². The molecule has 0 unspecified atom stereocenters. The number of amides is 1. The molecule has 1 saturated heterocycles. The first-order chi connectivity index (χ1) is 7.81. The second-order valence-corrected chi connectivity index (χ2v) is 4.31. The van der Waals surface area contributed by atoms with Crippen molar-refractivity contribution in [3.05, 3.63) is 24.2 Å². The highest BCUT2D eigenvalue weighted by Gasteiger charge is 2.23. The molecular weight excluding hydrogens is 240 g/mol. The van der Waals surface area contributed by atoms with Crippen molar-refractivity contribution in [1.29, 1.82) is 0 Å². The third kappa shape index (κ3) is 3.48. The van der Waals surface area contributed by atoms with Crippen LogP contribution in [0, 0.1) is 5.92 Å². The Morgan fingerprint density at radius 1 is 1.53 bits per heavy atom. The number of carbonyl (C=O) groups is 1. The molecule has 2 heterocycles. The number of furan rings is 1. The van der Waals surface area contributed by atoms with Crippen molar-refractivity contribution in [1.82, 2.24) is 10.2 Å². The smallest absolute Gasteiger partial charge is 0.257 e. The van der Waals surface area contributed by atoms with Gasteiger partial charge >= 0.3 is 0 Å². The highest BCUT2D eigenvalue weighted by molar-refractivity contribution is 5.93. The number of piperidine rings is 1. The van der Waals surface area contributed by atoms with Gasteiger partial charge in [0.1, 0.15) is 6.26 Å². The van der Waals surface area contributed by atoms with E-state index in [-0.39, 0.29) is 18.3 Å².